The summed E-state index contributed by atoms with van der Waals surface area (Å²) in [6.45, 7) is 0.438. The van der Waals surface area contributed by atoms with Crippen LogP contribution in [0.25, 0.3) is 0 Å². The molecule has 0 bridgehead atoms. The number of nitrogens with zero attached hydrogens (tertiary/aromatic N) is 1. The summed E-state index contributed by atoms with van der Waals surface area (Å²) in [5, 5.41) is 13.7. The van der Waals surface area contributed by atoms with E-state index < -0.39 is 10.7 Å². The van der Waals surface area contributed by atoms with Gasteiger partial charge in [-0.15, -0.1) is 0 Å². The standard InChI is InChI=1S/C12H11FN2O3S/c1-18-11-6-8(2-4-10(11)13)14-7-9-3-5-12(19-9)15(16)17/h2-6,14H,7H2,1H3. The van der Waals surface area contributed by atoms with Crippen LogP contribution in [0.3, 0.4) is 0 Å². The molecule has 0 atom stereocenters. The van der Waals surface area contributed by atoms with Crippen LogP contribution in [0.15, 0.2) is 30.3 Å². The number of anilines is 1. The number of ether oxygens (including phenoxy) is 1. The molecule has 0 saturated carbocycles. The maximum absolute atomic E-state index is 13.2. The normalized spacial score (nSPS) is 10.2. The molecule has 0 aliphatic heterocycles. The Kier molecular flexibility index (Phi) is 3.96. The monoisotopic (exact) mass is 282 g/mol. The van der Waals surface area contributed by atoms with Crippen LogP contribution in [-0.4, -0.2) is 12.0 Å². The zero-order chi connectivity index (χ0) is 13.8. The summed E-state index contributed by atoms with van der Waals surface area (Å²) in [6.07, 6.45) is 0. The highest BCUT2D eigenvalue weighted by molar-refractivity contribution is 7.15. The molecule has 0 saturated heterocycles. The zero-order valence-electron chi connectivity index (χ0n) is 10.1. The Hall–Kier alpha value is -2.15. The molecule has 0 spiro atoms. The molecule has 19 heavy (non-hydrogen) atoms. The molecule has 100 valence electrons. The van der Waals surface area contributed by atoms with Crippen molar-refractivity contribution in [2.24, 2.45) is 0 Å². The van der Waals surface area contributed by atoms with Crippen molar-refractivity contribution in [2.75, 3.05) is 12.4 Å². The third kappa shape index (κ3) is 3.19. The van der Waals surface area contributed by atoms with E-state index in [1.54, 1.807) is 12.1 Å². The Bertz CT molecular complexity index is 600. The van der Waals surface area contributed by atoms with Crippen LogP contribution in [0, 0.1) is 15.9 Å². The van der Waals surface area contributed by atoms with E-state index in [1.165, 1.54) is 25.3 Å². The fraction of sp³-hybridized carbons (Fsp3) is 0.167. The van der Waals surface area contributed by atoms with Crippen molar-refractivity contribution in [3.8, 4) is 5.75 Å². The molecule has 2 rings (SSSR count). The van der Waals surface area contributed by atoms with E-state index in [1.807, 2.05) is 0 Å². The minimum atomic E-state index is -0.431. The summed E-state index contributed by atoms with van der Waals surface area (Å²) in [4.78, 5) is 11.0. The fourth-order valence-electron chi connectivity index (χ4n) is 1.52. The van der Waals surface area contributed by atoms with Crippen molar-refractivity contribution in [2.45, 2.75) is 6.54 Å². The van der Waals surface area contributed by atoms with Gasteiger partial charge in [0.05, 0.1) is 12.0 Å². The highest BCUT2D eigenvalue weighted by Gasteiger charge is 2.09. The largest absolute Gasteiger partial charge is 0.494 e. The topological polar surface area (TPSA) is 64.4 Å². The predicted molar refractivity (Wildman–Crippen MR) is 71.3 cm³/mol. The van der Waals surface area contributed by atoms with Crippen LogP contribution in [-0.2, 0) is 6.54 Å². The summed E-state index contributed by atoms with van der Waals surface area (Å²) < 4.78 is 18.1. The predicted octanol–water partition coefficient (Wildman–Crippen LogP) is 3.42. The number of nitro groups is 1. The quantitative estimate of drug-likeness (QED) is 0.674. The van der Waals surface area contributed by atoms with Crippen molar-refractivity contribution in [1.29, 1.82) is 0 Å². The number of benzene rings is 1. The van der Waals surface area contributed by atoms with Crippen LogP contribution >= 0.6 is 11.3 Å². The molecule has 7 heteroatoms. The number of methoxy groups -OCH3 is 1. The third-order valence-corrected chi connectivity index (χ3v) is 3.48. The van der Waals surface area contributed by atoms with Gasteiger partial charge in [0.1, 0.15) is 0 Å². The second kappa shape index (κ2) is 5.66. The Morgan fingerprint density at radius 2 is 2.21 bits per heavy atom. The average molecular weight is 282 g/mol. The Labute approximate surface area is 112 Å². The average Bonchev–Trinajstić information content (AvgIpc) is 2.87. The van der Waals surface area contributed by atoms with Gasteiger partial charge in [-0.1, -0.05) is 11.3 Å². The van der Waals surface area contributed by atoms with Gasteiger partial charge in [-0.3, -0.25) is 10.1 Å². The van der Waals surface area contributed by atoms with E-state index >= 15 is 0 Å². The Balaban J connectivity index is 2.03. The van der Waals surface area contributed by atoms with Gasteiger partial charge in [0, 0.05) is 29.2 Å². The van der Waals surface area contributed by atoms with E-state index in [0.717, 1.165) is 16.2 Å². The molecule has 1 aromatic carbocycles. The van der Waals surface area contributed by atoms with Crippen LogP contribution in [0.4, 0.5) is 15.1 Å². The first-order chi connectivity index (χ1) is 9.10. The summed E-state index contributed by atoms with van der Waals surface area (Å²) in [6, 6.07) is 7.58. The van der Waals surface area contributed by atoms with Gasteiger partial charge in [0.2, 0.25) is 0 Å². The van der Waals surface area contributed by atoms with Crippen LogP contribution < -0.4 is 10.1 Å². The minimum Gasteiger partial charge on any atom is -0.494 e. The lowest BCUT2D eigenvalue weighted by Gasteiger charge is -2.07. The van der Waals surface area contributed by atoms with Crippen molar-refractivity contribution >= 4 is 22.0 Å². The van der Waals surface area contributed by atoms with Gasteiger partial charge in [-0.05, 0) is 18.2 Å². The first-order valence-corrected chi connectivity index (χ1v) is 6.22. The zero-order valence-corrected chi connectivity index (χ0v) is 10.9. The highest BCUT2D eigenvalue weighted by atomic mass is 32.1. The molecule has 1 aromatic heterocycles. The summed E-state index contributed by atoms with van der Waals surface area (Å²) >= 11 is 1.11. The molecule has 0 aliphatic carbocycles. The highest BCUT2D eigenvalue weighted by Crippen LogP contribution is 2.26. The van der Waals surface area contributed by atoms with Crippen LogP contribution in [0.5, 0.6) is 5.75 Å². The molecule has 5 nitrogen and oxygen atoms in total. The number of hydrogen-bond donors (Lipinski definition) is 1. The minimum absolute atomic E-state index is 0.105. The molecule has 0 amide bonds. The molecule has 1 N–H and O–H groups in total. The number of halogens is 1. The lowest BCUT2D eigenvalue weighted by molar-refractivity contribution is -0.380. The van der Waals surface area contributed by atoms with Gasteiger partial charge in [0.15, 0.2) is 11.6 Å². The first-order valence-electron chi connectivity index (χ1n) is 5.40. The molecule has 0 fully saturated rings. The lowest BCUT2D eigenvalue weighted by atomic mass is 10.3. The van der Waals surface area contributed by atoms with Crippen molar-refractivity contribution in [3.63, 3.8) is 0 Å². The second-order valence-electron chi connectivity index (χ2n) is 3.70. The SMILES string of the molecule is COc1cc(NCc2ccc([N+](=O)[O-])s2)ccc1F. The molecule has 1 heterocycles. The molecular formula is C12H11FN2O3S. The molecule has 2 aromatic rings. The fourth-order valence-corrected chi connectivity index (χ4v) is 2.28. The number of nitrogens with one attached hydrogen (secondary N) is 1. The smallest absolute Gasteiger partial charge is 0.324 e. The summed E-state index contributed by atoms with van der Waals surface area (Å²) in [5.41, 5.74) is 0.689. The van der Waals surface area contributed by atoms with E-state index in [9.17, 15) is 14.5 Å². The van der Waals surface area contributed by atoms with Crippen molar-refractivity contribution in [1.82, 2.24) is 0 Å². The van der Waals surface area contributed by atoms with E-state index in [0.29, 0.717) is 12.2 Å². The second-order valence-corrected chi connectivity index (χ2v) is 4.85. The number of hydrogen-bond acceptors (Lipinski definition) is 5. The van der Waals surface area contributed by atoms with Crippen molar-refractivity contribution < 1.29 is 14.1 Å². The van der Waals surface area contributed by atoms with Crippen LogP contribution in [0.2, 0.25) is 0 Å². The number of rotatable bonds is 5. The number of thiophene rings is 1. The summed E-state index contributed by atoms with van der Waals surface area (Å²) in [5.74, 6) is -0.276. The van der Waals surface area contributed by atoms with Crippen LogP contribution in [0.1, 0.15) is 4.88 Å². The van der Waals surface area contributed by atoms with Gasteiger partial charge in [-0.25, -0.2) is 4.39 Å². The lowest BCUT2D eigenvalue weighted by Crippen LogP contribution is -1.98. The molecule has 0 aliphatic rings. The van der Waals surface area contributed by atoms with Gasteiger partial charge in [0.25, 0.3) is 0 Å². The summed E-state index contributed by atoms with van der Waals surface area (Å²) in [7, 11) is 1.39. The third-order valence-electron chi connectivity index (χ3n) is 2.45. The molecule has 0 unspecified atom stereocenters. The van der Waals surface area contributed by atoms with Gasteiger partial charge < -0.3 is 10.1 Å². The maximum atomic E-state index is 13.2. The Morgan fingerprint density at radius 1 is 1.42 bits per heavy atom. The molecular weight excluding hydrogens is 271 g/mol. The maximum Gasteiger partial charge on any atom is 0.324 e. The first kappa shape index (κ1) is 13.3. The van der Waals surface area contributed by atoms with Gasteiger partial charge >= 0.3 is 5.00 Å². The van der Waals surface area contributed by atoms with E-state index in [2.05, 4.69) is 5.32 Å². The van der Waals surface area contributed by atoms with Gasteiger partial charge in [-0.2, -0.15) is 0 Å². The van der Waals surface area contributed by atoms with E-state index in [4.69, 9.17) is 4.74 Å². The Morgan fingerprint density at radius 3 is 2.84 bits per heavy atom. The van der Waals surface area contributed by atoms with Crippen molar-refractivity contribution in [3.05, 3.63) is 51.1 Å². The van der Waals surface area contributed by atoms with E-state index in [-0.39, 0.29) is 10.8 Å². The molecule has 0 radical (unpaired) electrons.